The second-order valence-corrected chi connectivity index (χ2v) is 8.99. The molecule has 0 saturated carbocycles. The van der Waals surface area contributed by atoms with Crippen LogP contribution < -0.4 is 4.74 Å². The van der Waals surface area contributed by atoms with E-state index in [1.54, 1.807) is 18.2 Å². The fourth-order valence-corrected chi connectivity index (χ4v) is 4.25. The van der Waals surface area contributed by atoms with Gasteiger partial charge in [-0.15, -0.1) is 0 Å². The van der Waals surface area contributed by atoms with Crippen LogP contribution in [0.25, 0.3) is 11.0 Å². The highest BCUT2D eigenvalue weighted by molar-refractivity contribution is 7.98. The van der Waals surface area contributed by atoms with E-state index in [-0.39, 0.29) is 0 Å². The van der Waals surface area contributed by atoms with Crippen LogP contribution in [0.4, 0.5) is 0 Å². The molecule has 3 aromatic rings. The van der Waals surface area contributed by atoms with Crippen LogP contribution in [0.1, 0.15) is 12.5 Å². The van der Waals surface area contributed by atoms with E-state index in [1.165, 1.54) is 30.2 Å². The van der Waals surface area contributed by atoms with Gasteiger partial charge in [0.1, 0.15) is 5.75 Å². The second-order valence-electron chi connectivity index (χ2n) is 5.88. The van der Waals surface area contributed by atoms with E-state index in [2.05, 4.69) is 9.97 Å². The number of hydrogen-bond donors (Lipinski definition) is 1. The van der Waals surface area contributed by atoms with Crippen molar-refractivity contribution in [3.63, 3.8) is 0 Å². The first-order valence-corrected chi connectivity index (χ1v) is 10.6. The molecule has 0 saturated heterocycles. The van der Waals surface area contributed by atoms with E-state index < -0.39 is 10.0 Å². The molecule has 0 aliphatic rings. The molecule has 0 unspecified atom stereocenters. The van der Waals surface area contributed by atoms with Crippen LogP contribution in [-0.2, 0) is 15.8 Å². The van der Waals surface area contributed by atoms with E-state index in [0.29, 0.717) is 17.3 Å². The third-order valence-corrected chi connectivity index (χ3v) is 6.55. The van der Waals surface area contributed by atoms with Gasteiger partial charge in [-0.05, 0) is 36.8 Å². The molecule has 6 nitrogen and oxygen atoms in total. The van der Waals surface area contributed by atoms with Gasteiger partial charge in [-0.3, -0.25) is 0 Å². The van der Waals surface area contributed by atoms with Crippen molar-refractivity contribution in [3.8, 4) is 5.75 Å². The summed E-state index contributed by atoms with van der Waals surface area (Å²) in [6.45, 7) is 2.57. The van der Waals surface area contributed by atoms with Crippen molar-refractivity contribution in [1.29, 1.82) is 0 Å². The van der Waals surface area contributed by atoms with E-state index in [0.717, 1.165) is 27.5 Å². The first-order chi connectivity index (χ1) is 12.4. The van der Waals surface area contributed by atoms with E-state index >= 15 is 0 Å². The van der Waals surface area contributed by atoms with Gasteiger partial charge in [0.15, 0.2) is 5.16 Å². The number of hydrogen-bond acceptors (Lipinski definition) is 5. The first-order valence-electron chi connectivity index (χ1n) is 8.17. The molecule has 1 heterocycles. The fourth-order valence-electron chi connectivity index (χ4n) is 2.45. The Kier molecular flexibility index (Phi) is 5.55. The molecule has 8 heteroatoms. The Bertz CT molecular complexity index is 1010. The number of imidazole rings is 1. The molecule has 0 radical (unpaired) electrons. The summed E-state index contributed by atoms with van der Waals surface area (Å²) < 4.78 is 31.2. The van der Waals surface area contributed by atoms with Gasteiger partial charge in [-0.1, -0.05) is 23.9 Å². The van der Waals surface area contributed by atoms with Gasteiger partial charge in [0, 0.05) is 25.9 Å². The fraction of sp³-hybridized carbons (Fsp3) is 0.278. The lowest BCUT2D eigenvalue weighted by Gasteiger charge is -2.12. The van der Waals surface area contributed by atoms with E-state index in [4.69, 9.17) is 4.74 Å². The molecule has 0 bridgehead atoms. The molecule has 3 rings (SSSR count). The van der Waals surface area contributed by atoms with Crippen molar-refractivity contribution >= 4 is 32.8 Å². The van der Waals surface area contributed by atoms with Crippen molar-refractivity contribution in [2.45, 2.75) is 22.7 Å². The minimum atomic E-state index is -3.43. The number of aromatic nitrogens is 2. The molecule has 1 aromatic heterocycles. The van der Waals surface area contributed by atoms with Gasteiger partial charge in [-0.2, -0.15) is 0 Å². The van der Waals surface area contributed by atoms with Crippen LogP contribution in [0, 0.1) is 0 Å². The van der Waals surface area contributed by atoms with Crippen LogP contribution in [-0.4, -0.2) is 43.4 Å². The number of fused-ring (bicyclic) bond motifs is 1. The molecule has 0 aliphatic carbocycles. The minimum absolute atomic E-state index is 0.298. The average molecular weight is 392 g/mol. The van der Waals surface area contributed by atoms with Crippen molar-refractivity contribution in [2.75, 3.05) is 20.7 Å². The monoisotopic (exact) mass is 391 g/mol. The molecule has 0 spiro atoms. The van der Waals surface area contributed by atoms with E-state index in [9.17, 15) is 8.42 Å². The number of ether oxygens (including phenoxy) is 1. The Hall–Kier alpha value is -2.03. The van der Waals surface area contributed by atoms with Gasteiger partial charge in [0.2, 0.25) is 10.0 Å². The van der Waals surface area contributed by atoms with Crippen molar-refractivity contribution in [2.24, 2.45) is 0 Å². The Morgan fingerprint density at radius 3 is 2.73 bits per heavy atom. The van der Waals surface area contributed by atoms with Crippen LogP contribution in [0.15, 0.2) is 52.5 Å². The van der Waals surface area contributed by atoms with Crippen molar-refractivity contribution < 1.29 is 13.2 Å². The van der Waals surface area contributed by atoms with Gasteiger partial charge in [0.25, 0.3) is 0 Å². The zero-order valence-corrected chi connectivity index (χ0v) is 16.5. The lowest BCUT2D eigenvalue weighted by Crippen LogP contribution is -2.22. The summed E-state index contributed by atoms with van der Waals surface area (Å²) in [6, 6.07) is 12.7. The number of sulfonamides is 1. The van der Waals surface area contributed by atoms with Gasteiger partial charge in [-0.25, -0.2) is 17.7 Å². The summed E-state index contributed by atoms with van der Waals surface area (Å²) in [5.74, 6) is 1.43. The second kappa shape index (κ2) is 7.69. The summed E-state index contributed by atoms with van der Waals surface area (Å²) in [5, 5.41) is 0.787. The maximum Gasteiger partial charge on any atom is 0.242 e. The Labute approximate surface area is 157 Å². The number of H-pyrrole nitrogens is 1. The molecule has 26 heavy (non-hydrogen) atoms. The smallest absolute Gasteiger partial charge is 0.242 e. The van der Waals surface area contributed by atoms with Crippen molar-refractivity contribution in [1.82, 2.24) is 14.3 Å². The van der Waals surface area contributed by atoms with Crippen LogP contribution in [0.2, 0.25) is 0 Å². The molecule has 0 amide bonds. The summed E-state index contributed by atoms with van der Waals surface area (Å²) >= 11 is 1.53. The summed E-state index contributed by atoms with van der Waals surface area (Å²) in [5.41, 5.74) is 2.72. The number of rotatable bonds is 7. The molecule has 0 aliphatic heterocycles. The average Bonchev–Trinajstić information content (AvgIpc) is 3.02. The topological polar surface area (TPSA) is 75.3 Å². The van der Waals surface area contributed by atoms with Gasteiger partial charge < -0.3 is 9.72 Å². The summed E-state index contributed by atoms with van der Waals surface area (Å²) in [6.07, 6.45) is 0. The van der Waals surface area contributed by atoms with Crippen LogP contribution >= 0.6 is 11.8 Å². The highest BCUT2D eigenvalue weighted by atomic mass is 32.2. The van der Waals surface area contributed by atoms with E-state index in [1.807, 2.05) is 31.2 Å². The Morgan fingerprint density at radius 1 is 1.19 bits per heavy atom. The van der Waals surface area contributed by atoms with Crippen molar-refractivity contribution in [3.05, 3.63) is 48.0 Å². The van der Waals surface area contributed by atoms with Crippen LogP contribution in [0.5, 0.6) is 5.75 Å². The molecular weight excluding hydrogens is 370 g/mol. The quantitative estimate of drug-likeness (QED) is 0.624. The molecule has 138 valence electrons. The maximum atomic E-state index is 12.2. The number of nitrogens with zero attached hydrogens (tertiary/aromatic N) is 2. The van der Waals surface area contributed by atoms with Gasteiger partial charge in [0.05, 0.1) is 22.5 Å². The third kappa shape index (κ3) is 4.03. The zero-order chi connectivity index (χ0) is 18.7. The predicted molar refractivity (Wildman–Crippen MR) is 104 cm³/mol. The molecule has 0 atom stereocenters. The maximum absolute atomic E-state index is 12.2. The van der Waals surface area contributed by atoms with Gasteiger partial charge >= 0.3 is 0 Å². The third-order valence-electron chi connectivity index (χ3n) is 3.80. The standard InChI is InChI=1S/C18H21N3O3S2/c1-4-24-14-8-9-16-17(11-14)20-18(19-16)25-12-13-6-5-7-15(10-13)26(22,23)21(2)3/h5-11H,4,12H2,1-3H3,(H,19,20). The number of aromatic amines is 1. The number of nitrogens with one attached hydrogen (secondary N) is 1. The summed E-state index contributed by atoms with van der Waals surface area (Å²) in [4.78, 5) is 8.12. The lowest BCUT2D eigenvalue weighted by atomic mass is 10.2. The zero-order valence-electron chi connectivity index (χ0n) is 14.9. The molecule has 1 N–H and O–H groups in total. The predicted octanol–water partition coefficient (Wildman–Crippen LogP) is 3.50. The highest BCUT2D eigenvalue weighted by Gasteiger charge is 2.17. The largest absolute Gasteiger partial charge is 0.494 e. The minimum Gasteiger partial charge on any atom is -0.494 e. The Balaban J connectivity index is 1.76. The molecule has 2 aromatic carbocycles. The van der Waals surface area contributed by atoms with Crippen LogP contribution in [0.3, 0.4) is 0 Å². The highest BCUT2D eigenvalue weighted by Crippen LogP contribution is 2.26. The molecule has 0 fully saturated rings. The number of thioether (sulfide) groups is 1. The summed E-state index contributed by atoms with van der Waals surface area (Å²) in [7, 11) is -0.368. The number of benzene rings is 2. The SMILES string of the molecule is CCOc1ccc2nc(SCc3cccc(S(=O)(=O)N(C)C)c3)[nH]c2c1. The Morgan fingerprint density at radius 2 is 2.00 bits per heavy atom. The lowest BCUT2D eigenvalue weighted by molar-refractivity contribution is 0.340. The molecular formula is C18H21N3O3S2. The first kappa shape index (κ1) is 18.8. The normalized spacial score (nSPS) is 12.0.